The molecule has 15 heavy (non-hydrogen) atoms. The standard InChI is InChI=1S/C12H18O3/c1-3-15-12(14)11(2)9-7-5-4-6-8-10-13/h4-9,11,13H,3,10H2,1-2H3. The minimum Gasteiger partial charge on any atom is -0.466 e. The van der Waals surface area contributed by atoms with Gasteiger partial charge in [0.05, 0.1) is 19.1 Å². The lowest BCUT2D eigenvalue weighted by atomic mass is 10.1. The molecule has 84 valence electrons. The van der Waals surface area contributed by atoms with Crippen LogP contribution in [0.2, 0.25) is 0 Å². The summed E-state index contributed by atoms with van der Waals surface area (Å²) in [6.07, 6.45) is 10.5. The van der Waals surface area contributed by atoms with Crippen molar-refractivity contribution in [1.82, 2.24) is 0 Å². The van der Waals surface area contributed by atoms with Crippen LogP contribution in [-0.4, -0.2) is 24.3 Å². The Labute approximate surface area is 90.8 Å². The molecule has 0 aromatic heterocycles. The average Bonchev–Trinajstić information content (AvgIpc) is 2.23. The first-order valence-corrected chi connectivity index (χ1v) is 4.99. The van der Waals surface area contributed by atoms with E-state index >= 15 is 0 Å². The zero-order valence-electron chi connectivity index (χ0n) is 9.22. The van der Waals surface area contributed by atoms with Gasteiger partial charge in [-0.25, -0.2) is 0 Å². The third kappa shape index (κ3) is 7.70. The molecule has 3 heteroatoms. The van der Waals surface area contributed by atoms with Crippen molar-refractivity contribution in [3.63, 3.8) is 0 Å². The molecule has 0 aliphatic heterocycles. The molecule has 0 bridgehead atoms. The summed E-state index contributed by atoms with van der Waals surface area (Å²) in [7, 11) is 0. The molecule has 0 aliphatic rings. The molecular weight excluding hydrogens is 192 g/mol. The third-order valence-electron chi connectivity index (χ3n) is 1.63. The second-order valence-electron chi connectivity index (χ2n) is 2.92. The maximum absolute atomic E-state index is 11.2. The van der Waals surface area contributed by atoms with E-state index in [1.165, 1.54) is 0 Å². The van der Waals surface area contributed by atoms with Gasteiger partial charge in [-0.05, 0) is 13.8 Å². The SMILES string of the molecule is CCOC(=O)C(C)C=CC=CC=CCO. The Hall–Kier alpha value is -1.35. The van der Waals surface area contributed by atoms with Gasteiger partial charge in [0.15, 0.2) is 0 Å². The van der Waals surface area contributed by atoms with Gasteiger partial charge in [0.2, 0.25) is 0 Å². The van der Waals surface area contributed by atoms with E-state index in [1.807, 2.05) is 0 Å². The molecule has 0 spiro atoms. The van der Waals surface area contributed by atoms with Crippen LogP contribution >= 0.6 is 0 Å². The van der Waals surface area contributed by atoms with E-state index in [4.69, 9.17) is 9.84 Å². The summed E-state index contributed by atoms with van der Waals surface area (Å²) in [6, 6.07) is 0. The summed E-state index contributed by atoms with van der Waals surface area (Å²) in [4.78, 5) is 11.2. The highest BCUT2D eigenvalue weighted by Crippen LogP contribution is 2.00. The van der Waals surface area contributed by atoms with Crippen LogP contribution in [0.3, 0.4) is 0 Å². The number of hydrogen-bond acceptors (Lipinski definition) is 3. The van der Waals surface area contributed by atoms with E-state index in [1.54, 1.807) is 50.3 Å². The van der Waals surface area contributed by atoms with Gasteiger partial charge < -0.3 is 9.84 Å². The molecule has 0 aromatic carbocycles. The molecule has 0 aromatic rings. The Bertz CT molecular complexity index is 252. The van der Waals surface area contributed by atoms with Gasteiger partial charge in [-0.2, -0.15) is 0 Å². The van der Waals surface area contributed by atoms with Crippen LogP contribution in [-0.2, 0) is 9.53 Å². The van der Waals surface area contributed by atoms with Crippen molar-refractivity contribution in [3.05, 3.63) is 36.5 Å². The van der Waals surface area contributed by atoms with E-state index < -0.39 is 0 Å². The summed E-state index contributed by atoms with van der Waals surface area (Å²) in [5.74, 6) is -0.440. The van der Waals surface area contributed by atoms with Gasteiger partial charge >= 0.3 is 5.97 Å². The van der Waals surface area contributed by atoms with Crippen LogP contribution in [0.25, 0.3) is 0 Å². The number of esters is 1. The minimum atomic E-state index is -0.226. The highest BCUT2D eigenvalue weighted by atomic mass is 16.5. The van der Waals surface area contributed by atoms with Gasteiger partial charge in [0, 0.05) is 0 Å². The Balaban J connectivity index is 3.90. The van der Waals surface area contributed by atoms with Gasteiger partial charge in [-0.15, -0.1) is 0 Å². The summed E-state index contributed by atoms with van der Waals surface area (Å²) in [5, 5.41) is 8.44. The first-order chi connectivity index (χ1) is 7.22. The second kappa shape index (κ2) is 9.21. The van der Waals surface area contributed by atoms with Gasteiger partial charge in [-0.1, -0.05) is 36.5 Å². The van der Waals surface area contributed by atoms with Crippen molar-refractivity contribution in [2.45, 2.75) is 13.8 Å². The number of carbonyl (C=O) groups is 1. The predicted octanol–water partition coefficient (Wildman–Crippen LogP) is 1.85. The van der Waals surface area contributed by atoms with E-state index in [0.717, 1.165) is 0 Å². The first-order valence-electron chi connectivity index (χ1n) is 4.99. The Kier molecular flexibility index (Phi) is 8.39. The highest BCUT2D eigenvalue weighted by Gasteiger charge is 2.08. The quantitative estimate of drug-likeness (QED) is 0.537. The molecule has 0 radical (unpaired) electrons. The van der Waals surface area contributed by atoms with E-state index in [-0.39, 0.29) is 18.5 Å². The van der Waals surface area contributed by atoms with Crippen molar-refractivity contribution in [1.29, 1.82) is 0 Å². The first kappa shape index (κ1) is 13.7. The van der Waals surface area contributed by atoms with Gasteiger partial charge in [0.25, 0.3) is 0 Å². The van der Waals surface area contributed by atoms with Crippen LogP contribution in [0.4, 0.5) is 0 Å². The maximum atomic E-state index is 11.2. The zero-order valence-corrected chi connectivity index (χ0v) is 9.22. The van der Waals surface area contributed by atoms with Crippen molar-refractivity contribution < 1.29 is 14.6 Å². The summed E-state index contributed by atoms with van der Waals surface area (Å²) < 4.78 is 4.84. The number of aliphatic hydroxyl groups excluding tert-OH is 1. The van der Waals surface area contributed by atoms with Gasteiger partial charge in [0.1, 0.15) is 0 Å². The zero-order chi connectivity index (χ0) is 11.5. The fourth-order valence-electron chi connectivity index (χ4n) is 0.851. The van der Waals surface area contributed by atoms with Crippen LogP contribution in [0, 0.1) is 5.92 Å². The number of rotatable bonds is 6. The molecular formula is C12H18O3. The molecule has 1 unspecified atom stereocenters. The van der Waals surface area contributed by atoms with Crippen LogP contribution in [0.5, 0.6) is 0 Å². The highest BCUT2D eigenvalue weighted by molar-refractivity contribution is 5.73. The molecule has 0 saturated heterocycles. The fraction of sp³-hybridized carbons (Fsp3) is 0.417. The number of carbonyl (C=O) groups excluding carboxylic acids is 1. The number of aliphatic hydroxyl groups is 1. The molecule has 0 heterocycles. The lowest BCUT2D eigenvalue weighted by molar-refractivity contribution is -0.145. The molecule has 0 amide bonds. The monoisotopic (exact) mass is 210 g/mol. The summed E-state index contributed by atoms with van der Waals surface area (Å²) in [6.45, 7) is 4.01. The largest absolute Gasteiger partial charge is 0.466 e. The van der Waals surface area contributed by atoms with E-state index in [2.05, 4.69) is 0 Å². The Morgan fingerprint density at radius 2 is 2.00 bits per heavy atom. The van der Waals surface area contributed by atoms with Crippen molar-refractivity contribution >= 4 is 5.97 Å². The van der Waals surface area contributed by atoms with E-state index in [0.29, 0.717) is 6.61 Å². The average molecular weight is 210 g/mol. The van der Waals surface area contributed by atoms with Crippen molar-refractivity contribution in [2.24, 2.45) is 5.92 Å². The Morgan fingerprint density at radius 1 is 1.33 bits per heavy atom. The molecule has 0 fully saturated rings. The molecule has 0 aliphatic carbocycles. The van der Waals surface area contributed by atoms with Gasteiger partial charge in [-0.3, -0.25) is 4.79 Å². The smallest absolute Gasteiger partial charge is 0.312 e. The normalized spacial score (nSPS) is 14.1. The second-order valence-corrected chi connectivity index (χ2v) is 2.92. The molecule has 1 N–H and O–H groups in total. The number of allylic oxidation sites excluding steroid dienone is 4. The number of ether oxygens (including phenoxy) is 1. The minimum absolute atomic E-state index is 0.0350. The molecule has 0 rings (SSSR count). The van der Waals surface area contributed by atoms with Crippen molar-refractivity contribution in [2.75, 3.05) is 13.2 Å². The molecule has 0 saturated carbocycles. The third-order valence-corrected chi connectivity index (χ3v) is 1.63. The summed E-state index contributed by atoms with van der Waals surface area (Å²) in [5.41, 5.74) is 0. The predicted molar refractivity (Wildman–Crippen MR) is 60.3 cm³/mol. The fourth-order valence-corrected chi connectivity index (χ4v) is 0.851. The van der Waals surface area contributed by atoms with Crippen LogP contribution < -0.4 is 0 Å². The summed E-state index contributed by atoms with van der Waals surface area (Å²) >= 11 is 0. The maximum Gasteiger partial charge on any atom is 0.312 e. The van der Waals surface area contributed by atoms with Crippen LogP contribution in [0.1, 0.15) is 13.8 Å². The van der Waals surface area contributed by atoms with Crippen molar-refractivity contribution in [3.8, 4) is 0 Å². The molecule has 1 atom stereocenters. The molecule has 3 nitrogen and oxygen atoms in total. The van der Waals surface area contributed by atoms with E-state index in [9.17, 15) is 4.79 Å². The Morgan fingerprint density at radius 3 is 2.60 bits per heavy atom. The topological polar surface area (TPSA) is 46.5 Å². The lowest BCUT2D eigenvalue weighted by Gasteiger charge is -2.04. The lowest BCUT2D eigenvalue weighted by Crippen LogP contribution is -2.12. The number of hydrogen-bond donors (Lipinski definition) is 1. The van der Waals surface area contributed by atoms with Crippen LogP contribution in [0.15, 0.2) is 36.5 Å².